The van der Waals surface area contributed by atoms with Gasteiger partial charge in [-0.2, -0.15) is 0 Å². The lowest BCUT2D eigenvalue weighted by Gasteiger charge is -2.28. The number of aromatic nitrogens is 2. The monoisotopic (exact) mass is 354 g/mol. The normalized spacial score (nSPS) is 17.1. The number of rotatable bonds is 4. The fourth-order valence-electron chi connectivity index (χ4n) is 3.15. The third kappa shape index (κ3) is 3.98. The summed E-state index contributed by atoms with van der Waals surface area (Å²) >= 11 is 6.25. The van der Waals surface area contributed by atoms with Gasteiger partial charge in [0.15, 0.2) is 5.78 Å². The standard InChI is InChI=1S/C17H27ClN4O2/c1-17(2,3)11(15(24)19-4)9-13(23)14-12-10-21(5)7-6-8-22(12)16(18)20-14/h11H,6-10H2,1-5H3,(H,19,24)/t11-/m1/s1. The molecule has 0 aliphatic carbocycles. The molecule has 0 unspecified atom stereocenters. The average Bonchev–Trinajstić information content (AvgIpc) is 2.68. The van der Waals surface area contributed by atoms with E-state index in [1.165, 1.54) is 0 Å². The Hall–Kier alpha value is -1.40. The van der Waals surface area contributed by atoms with Gasteiger partial charge < -0.3 is 14.8 Å². The number of nitrogens with one attached hydrogen (secondary N) is 1. The Bertz CT molecular complexity index is 633. The number of hydrogen-bond donors (Lipinski definition) is 1. The summed E-state index contributed by atoms with van der Waals surface area (Å²) in [6.07, 6.45) is 1.10. The molecule has 1 aromatic rings. The quantitative estimate of drug-likeness (QED) is 0.843. The van der Waals surface area contributed by atoms with Crippen LogP contribution in [0.4, 0.5) is 0 Å². The molecule has 1 aliphatic rings. The second-order valence-corrected chi connectivity index (χ2v) is 7.92. The molecule has 0 bridgehead atoms. The van der Waals surface area contributed by atoms with Crippen LogP contribution in [0.15, 0.2) is 0 Å². The van der Waals surface area contributed by atoms with E-state index in [0.29, 0.717) is 17.5 Å². The molecular formula is C17H27ClN4O2. The van der Waals surface area contributed by atoms with E-state index in [-0.39, 0.29) is 23.5 Å². The minimum absolute atomic E-state index is 0.121. The maximum Gasteiger partial charge on any atom is 0.223 e. The predicted molar refractivity (Wildman–Crippen MR) is 94.1 cm³/mol. The molecule has 1 atom stereocenters. The van der Waals surface area contributed by atoms with Crippen molar-refractivity contribution in [3.8, 4) is 0 Å². The van der Waals surface area contributed by atoms with Gasteiger partial charge in [-0.3, -0.25) is 9.59 Å². The number of fused-ring (bicyclic) bond motifs is 1. The molecule has 2 heterocycles. The van der Waals surface area contributed by atoms with Crippen molar-refractivity contribution in [1.29, 1.82) is 0 Å². The van der Waals surface area contributed by atoms with E-state index in [1.54, 1.807) is 7.05 Å². The van der Waals surface area contributed by atoms with Crippen molar-refractivity contribution in [2.75, 3.05) is 20.6 Å². The van der Waals surface area contributed by atoms with Crippen molar-refractivity contribution in [3.05, 3.63) is 16.7 Å². The van der Waals surface area contributed by atoms with Crippen LogP contribution in [0.25, 0.3) is 0 Å². The average molecular weight is 355 g/mol. The van der Waals surface area contributed by atoms with Crippen LogP contribution in [0.2, 0.25) is 5.28 Å². The van der Waals surface area contributed by atoms with Gasteiger partial charge in [-0.05, 0) is 37.0 Å². The smallest absolute Gasteiger partial charge is 0.223 e. The zero-order valence-electron chi connectivity index (χ0n) is 15.1. The molecule has 1 amide bonds. The van der Waals surface area contributed by atoms with Gasteiger partial charge in [-0.1, -0.05) is 20.8 Å². The van der Waals surface area contributed by atoms with E-state index in [1.807, 2.05) is 32.4 Å². The fourth-order valence-corrected chi connectivity index (χ4v) is 3.42. The number of carbonyl (C=O) groups excluding carboxylic acids is 2. The number of nitrogens with zero attached hydrogens (tertiary/aromatic N) is 3. The number of halogens is 1. The van der Waals surface area contributed by atoms with Crippen molar-refractivity contribution in [2.45, 2.75) is 46.7 Å². The largest absolute Gasteiger partial charge is 0.359 e. The van der Waals surface area contributed by atoms with Gasteiger partial charge in [-0.15, -0.1) is 0 Å². The molecule has 0 aromatic carbocycles. The van der Waals surface area contributed by atoms with E-state index >= 15 is 0 Å². The third-order valence-corrected chi connectivity index (χ3v) is 4.92. The van der Waals surface area contributed by atoms with Crippen molar-refractivity contribution >= 4 is 23.3 Å². The van der Waals surface area contributed by atoms with Crippen molar-refractivity contribution in [2.24, 2.45) is 11.3 Å². The lowest BCUT2D eigenvalue weighted by Crippen LogP contribution is -2.37. The van der Waals surface area contributed by atoms with Gasteiger partial charge in [-0.25, -0.2) is 4.98 Å². The highest BCUT2D eigenvalue weighted by Crippen LogP contribution is 2.31. The van der Waals surface area contributed by atoms with Gasteiger partial charge >= 0.3 is 0 Å². The Balaban J connectivity index is 2.31. The molecule has 1 aromatic heterocycles. The highest BCUT2D eigenvalue weighted by Gasteiger charge is 2.35. The van der Waals surface area contributed by atoms with Crippen LogP contribution < -0.4 is 5.32 Å². The van der Waals surface area contributed by atoms with E-state index in [4.69, 9.17) is 11.6 Å². The van der Waals surface area contributed by atoms with Gasteiger partial charge in [0.2, 0.25) is 11.2 Å². The molecule has 134 valence electrons. The van der Waals surface area contributed by atoms with Crippen LogP contribution in [0.3, 0.4) is 0 Å². The highest BCUT2D eigenvalue weighted by atomic mass is 35.5. The Morgan fingerprint density at radius 2 is 2.00 bits per heavy atom. The van der Waals surface area contributed by atoms with E-state index in [0.717, 1.165) is 25.2 Å². The molecule has 24 heavy (non-hydrogen) atoms. The van der Waals surface area contributed by atoms with Crippen molar-refractivity contribution in [3.63, 3.8) is 0 Å². The van der Waals surface area contributed by atoms with Gasteiger partial charge in [0.05, 0.1) is 11.6 Å². The van der Waals surface area contributed by atoms with Crippen LogP contribution in [0.5, 0.6) is 0 Å². The minimum atomic E-state index is -0.408. The Labute approximate surface area is 148 Å². The molecule has 0 saturated carbocycles. The molecular weight excluding hydrogens is 328 g/mol. The first-order valence-corrected chi connectivity index (χ1v) is 8.71. The van der Waals surface area contributed by atoms with Crippen LogP contribution in [-0.4, -0.2) is 46.8 Å². The van der Waals surface area contributed by atoms with E-state index < -0.39 is 5.92 Å². The predicted octanol–water partition coefficient (Wildman–Crippen LogP) is 2.35. The molecule has 0 saturated heterocycles. The SMILES string of the molecule is CNC(=O)[C@@H](CC(=O)c1nc(Cl)n2c1CN(C)CCC2)C(C)(C)C. The summed E-state index contributed by atoms with van der Waals surface area (Å²) in [5, 5.41) is 3.02. The number of carbonyl (C=O) groups is 2. The zero-order chi connectivity index (χ0) is 18.1. The number of amides is 1. The summed E-state index contributed by atoms with van der Waals surface area (Å²) in [6.45, 7) is 8.25. The minimum Gasteiger partial charge on any atom is -0.359 e. The van der Waals surface area contributed by atoms with Crippen molar-refractivity contribution in [1.82, 2.24) is 19.8 Å². The van der Waals surface area contributed by atoms with Crippen LogP contribution in [-0.2, 0) is 17.9 Å². The molecule has 0 spiro atoms. The van der Waals surface area contributed by atoms with E-state index in [9.17, 15) is 9.59 Å². The van der Waals surface area contributed by atoms with Gasteiger partial charge in [0.25, 0.3) is 0 Å². The number of ketones is 1. The second-order valence-electron chi connectivity index (χ2n) is 7.58. The number of Topliss-reactive ketones (excluding diaryl/α,β-unsaturated/α-hetero) is 1. The summed E-state index contributed by atoms with van der Waals surface area (Å²) in [4.78, 5) is 31.6. The van der Waals surface area contributed by atoms with E-state index in [2.05, 4.69) is 15.2 Å². The zero-order valence-corrected chi connectivity index (χ0v) is 15.9. The van der Waals surface area contributed by atoms with Gasteiger partial charge in [0, 0.05) is 26.6 Å². The molecule has 7 heteroatoms. The fraction of sp³-hybridized carbons (Fsp3) is 0.706. The summed E-state index contributed by atoms with van der Waals surface area (Å²) in [6, 6.07) is 0. The number of imidazole rings is 1. The van der Waals surface area contributed by atoms with Crippen LogP contribution in [0, 0.1) is 11.3 Å². The lowest BCUT2D eigenvalue weighted by molar-refractivity contribution is -0.127. The maximum absolute atomic E-state index is 12.9. The Morgan fingerprint density at radius 3 is 2.58 bits per heavy atom. The summed E-state index contributed by atoms with van der Waals surface area (Å²) in [5.74, 6) is -0.650. The van der Waals surface area contributed by atoms with Crippen molar-refractivity contribution < 1.29 is 9.59 Å². The van der Waals surface area contributed by atoms with Gasteiger partial charge in [0.1, 0.15) is 5.69 Å². The summed E-state index contributed by atoms with van der Waals surface area (Å²) in [7, 11) is 3.62. The van der Waals surface area contributed by atoms with Crippen LogP contribution in [0.1, 0.15) is 49.8 Å². The molecule has 6 nitrogen and oxygen atoms in total. The molecule has 2 rings (SSSR count). The first-order chi connectivity index (χ1) is 11.1. The van der Waals surface area contributed by atoms with Crippen LogP contribution >= 0.6 is 11.6 Å². The molecule has 0 radical (unpaired) electrons. The second kappa shape index (κ2) is 7.23. The lowest BCUT2D eigenvalue weighted by atomic mass is 9.77. The maximum atomic E-state index is 12.9. The topological polar surface area (TPSA) is 67.2 Å². The third-order valence-electron chi connectivity index (χ3n) is 4.63. The first-order valence-electron chi connectivity index (χ1n) is 8.33. The first kappa shape index (κ1) is 18.9. The Kier molecular flexibility index (Phi) is 5.71. The molecule has 1 N–H and O–H groups in total. The summed E-state index contributed by atoms with van der Waals surface area (Å²) < 4.78 is 1.92. The Morgan fingerprint density at radius 1 is 1.33 bits per heavy atom. The summed E-state index contributed by atoms with van der Waals surface area (Å²) in [5.41, 5.74) is 0.953. The number of hydrogen-bond acceptors (Lipinski definition) is 4. The molecule has 0 fully saturated rings. The molecule has 1 aliphatic heterocycles. The highest BCUT2D eigenvalue weighted by molar-refractivity contribution is 6.28.